The lowest BCUT2D eigenvalue weighted by molar-refractivity contribution is -0.117. The van der Waals surface area contributed by atoms with E-state index in [1.54, 1.807) is 17.5 Å². The fourth-order valence-electron chi connectivity index (χ4n) is 1.51. The van der Waals surface area contributed by atoms with E-state index in [0.29, 0.717) is 19.5 Å². The van der Waals surface area contributed by atoms with Gasteiger partial charge in [0.05, 0.1) is 16.8 Å². The topological polar surface area (TPSA) is 83.8 Å². The van der Waals surface area contributed by atoms with Crippen LogP contribution in [-0.4, -0.2) is 22.6 Å². The molecule has 0 saturated carbocycles. The fraction of sp³-hybridized carbons (Fsp3) is 0.273. The molecule has 4 N–H and O–H groups in total. The van der Waals surface area contributed by atoms with Crippen molar-refractivity contribution >= 4 is 17.2 Å². The highest BCUT2D eigenvalue weighted by Crippen LogP contribution is 2.25. The summed E-state index contributed by atoms with van der Waals surface area (Å²) in [7, 11) is 0. The first-order valence-electron chi connectivity index (χ1n) is 5.32. The van der Waals surface area contributed by atoms with Gasteiger partial charge in [-0.15, -0.1) is 11.3 Å². The maximum atomic E-state index is 10.6. The first-order valence-corrected chi connectivity index (χ1v) is 6.20. The summed E-state index contributed by atoms with van der Waals surface area (Å²) in [5.74, 6) is -0.289. The van der Waals surface area contributed by atoms with E-state index >= 15 is 0 Å². The van der Waals surface area contributed by atoms with Crippen molar-refractivity contribution in [3.05, 3.63) is 29.3 Å². The molecule has 2 heterocycles. The van der Waals surface area contributed by atoms with Crippen LogP contribution in [0, 0.1) is 0 Å². The quantitative estimate of drug-likeness (QED) is 0.671. The van der Waals surface area contributed by atoms with Crippen LogP contribution in [0.4, 0.5) is 0 Å². The minimum absolute atomic E-state index is 0.289. The molecule has 2 aromatic rings. The lowest BCUT2D eigenvalue weighted by Crippen LogP contribution is -2.21. The van der Waals surface area contributed by atoms with Crippen LogP contribution < -0.4 is 11.1 Å². The van der Waals surface area contributed by atoms with E-state index in [9.17, 15) is 4.79 Å². The van der Waals surface area contributed by atoms with Gasteiger partial charge in [-0.25, -0.2) is 0 Å². The van der Waals surface area contributed by atoms with Crippen LogP contribution in [0.1, 0.15) is 12.0 Å². The largest absolute Gasteiger partial charge is 0.370 e. The molecule has 0 saturated heterocycles. The molecular weight excluding hydrogens is 236 g/mol. The van der Waals surface area contributed by atoms with Crippen molar-refractivity contribution in [2.45, 2.75) is 13.0 Å². The number of nitrogens with two attached hydrogens (primary N) is 1. The lowest BCUT2D eigenvalue weighted by atomic mass is 10.2. The number of aromatic nitrogens is 2. The van der Waals surface area contributed by atoms with E-state index in [-0.39, 0.29) is 5.91 Å². The van der Waals surface area contributed by atoms with E-state index in [1.165, 1.54) is 0 Å². The lowest BCUT2D eigenvalue weighted by Gasteiger charge is -2.03. The van der Waals surface area contributed by atoms with Crippen LogP contribution in [0.3, 0.4) is 0 Å². The number of hydrogen-bond acceptors (Lipinski definition) is 4. The van der Waals surface area contributed by atoms with Gasteiger partial charge in [0.25, 0.3) is 0 Å². The molecule has 2 rings (SSSR count). The Morgan fingerprint density at radius 3 is 3.18 bits per heavy atom. The van der Waals surface area contributed by atoms with Gasteiger partial charge in [-0.1, -0.05) is 6.07 Å². The van der Waals surface area contributed by atoms with Crippen molar-refractivity contribution in [1.29, 1.82) is 0 Å². The van der Waals surface area contributed by atoms with Crippen LogP contribution in [0.5, 0.6) is 0 Å². The Bertz CT molecular complexity index is 477. The fourth-order valence-corrected chi connectivity index (χ4v) is 2.27. The second-order valence-corrected chi connectivity index (χ2v) is 4.59. The molecule has 90 valence electrons. The van der Waals surface area contributed by atoms with Gasteiger partial charge < -0.3 is 11.1 Å². The second-order valence-electron chi connectivity index (χ2n) is 3.64. The Balaban J connectivity index is 1.93. The van der Waals surface area contributed by atoms with Crippen LogP contribution in [0.2, 0.25) is 0 Å². The smallest absolute Gasteiger partial charge is 0.218 e. The third-order valence-corrected chi connectivity index (χ3v) is 3.24. The summed E-state index contributed by atoms with van der Waals surface area (Å²) in [6.07, 6.45) is 2.15. The third-order valence-electron chi connectivity index (χ3n) is 2.35. The summed E-state index contributed by atoms with van der Waals surface area (Å²) in [6, 6.07) is 4.05. The predicted octanol–water partition coefficient (Wildman–Crippen LogP) is 1.10. The molecule has 17 heavy (non-hydrogen) atoms. The van der Waals surface area contributed by atoms with Gasteiger partial charge in [-0.3, -0.25) is 9.89 Å². The SMILES string of the molecule is NC(=O)CCNCc1cn[nH]c1-c1cccs1. The van der Waals surface area contributed by atoms with E-state index in [1.807, 2.05) is 17.5 Å². The van der Waals surface area contributed by atoms with E-state index < -0.39 is 0 Å². The Kier molecular flexibility index (Phi) is 3.89. The Morgan fingerprint density at radius 1 is 1.59 bits per heavy atom. The Hall–Kier alpha value is -1.66. The first-order chi connectivity index (χ1) is 8.27. The van der Waals surface area contributed by atoms with Crippen molar-refractivity contribution < 1.29 is 4.79 Å². The molecule has 0 aliphatic rings. The normalized spacial score (nSPS) is 10.6. The number of thiophene rings is 1. The minimum atomic E-state index is -0.289. The predicted molar refractivity (Wildman–Crippen MR) is 67.4 cm³/mol. The zero-order chi connectivity index (χ0) is 12.1. The molecule has 0 spiro atoms. The highest BCUT2D eigenvalue weighted by atomic mass is 32.1. The monoisotopic (exact) mass is 250 g/mol. The van der Waals surface area contributed by atoms with Crippen molar-refractivity contribution in [3.8, 4) is 10.6 Å². The van der Waals surface area contributed by atoms with Crippen molar-refractivity contribution in [1.82, 2.24) is 15.5 Å². The molecule has 0 unspecified atom stereocenters. The van der Waals surface area contributed by atoms with Gasteiger partial charge in [0.2, 0.25) is 5.91 Å². The van der Waals surface area contributed by atoms with Crippen LogP contribution in [0.15, 0.2) is 23.7 Å². The second kappa shape index (κ2) is 5.60. The van der Waals surface area contributed by atoms with Crippen molar-refractivity contribution in [2.24, 2.45) is 5.73 Å². The van der Waals surface area contributed by atoms with Crippen LogP contribution >= 0.6 is 11.3 Å². The summed E-state index contributed by atoms with van der Waals surface area (Å²) in [4.78, 5) is 11.7. The third kappa shape index (κ3) is 3.15. The number of amides is 1. The van der Waals surface area contributed by atoms with Gasteiger partial charge in [-0.05, 0) is 11.4 Å². The van der Waals surface area contributed by atoms with Gasteiger partial charge in [0.1, 0.15) is 0 Å². The highest BCUT2D eigenvalue weighted by Gasteiger charge is 2.07. The summed E-state index contributed by atoms with van der Waals surface area (Å²) in [5, 5.41) is 12.2. The number of hydrogen-bond donors (Lipinski definition) is 3. The van der Waals surface area contributed by atoms with Crippen LogP contribution in [0.25, 0.3) is 10.6 Å². The zero-order valence-electron chi connectivity index (χ0n) is 9.27. The average Bonchev–Trinajstić information content (AvgIpc) is 2.94. The molecule has 0 aliphatic carbocycles. The number of primary amides is 1. The molecule has 0 aliphatic heterocycles. The van der Waals surface area contributed by atoms with E-state index in [2.05, 4.69) is 15.5 Å². The molecule has 0 radical (unpaired) electrons. The van der Waals surface area contributed by atoms with E-state index in [4.69, 9.17) is 5.73 Å². The molecule has 6 heteroatoms. The zero-order valence-corrected chi connectivity index (χ0v) is 10.1. The molecule has 5 nitrogen and oxygen atoms in total. The highest BCUT2D eigenvalue weighted by molar-refractivity contribution is 7.13. The molecule has 0 atom stereocenters. The summed E-state index contributed by atoms with van der Waals surface area (Å²) in [6.45, 7) is 1.27. The summed E-state index contributed by atoms with van der Waals surface area (Å²) >= 11 is 1.67. The molecule has 1 amide bonds. The van der Waals surface area contributed by atoms with Gasteiger partial charge in [0.15, 0.2) is 0 Å². The Labute approximate surface area is 103 Å². The van der Waals surface area contributed by atoms with Gasteiger partial charge in [-0.2, -0.15) is 5.10 Å². The van der Waals surface area contributed by atoms with Gasteiger partial charge >= 0.3 is 0 Å². The molecule has 0 aromatic carbocycles. The standard InChI is InChI=1S/C11H14N4OS/c12-10(16)3-4-13-6-8-7-14-15-11(8)9-2-1-5-17-9/h1-2,5,7,13H,3-4,6H2,(H2,12,16)(H,14,15). The number of carbonyl (C=O) groups excluding carboxylic acids is 1. The first kappa shape index (κ1) is 11.8. The Morgan fingerprint density at radius 2 is 2.47 bits per heavy atom. The van der Waals surface area contributed by atoms with Gasteiger partial charge in [0, 0.05) is 25.1 Å². The number of nitrogens with one attached hydrogen (secondary N) is 2. The minimum Gasteiger partial charge on any atom is -0.370 e. The maximum Gasteiger partial charge on any atom is 0.218 e. The van der Waals surface area contributed by atoms with Crippen LogP contribution in [-0.2, 0) is 11.3 Å². The number of aromatic amines is 1. The molecule has 0 fully saturated rings. The molecular formula is C11H14N4OS. The number of nitrogens with zero attached hydrogens (tertiary/aromatic N) is 1. The molecule has 0 bridgehead atoms. The number of rotatable bonds is 6. The number of H-pyrrole nitrogens is 1. The number of carbonyl (C=O) groups is 1. The van der Waals surface area contributed by atoms with E-state index in [0.717, 1.165) is 16.1 Å². The van der Waals surface area contributed by atoms with Crippen molar-refractivity contribution in [2.75, 3.05) is 6.54 Å². The summed E-state index contributed by atoms with van der Waals surface area (Å²) in [5.41, 5.74) is 7.19. The summed E-state index contributed by atoms with van der Waals surface area (Å²) < 4.78 is 0. The maximum absolute atomic E-state index is 10.6. The average molecular weight is 250 g/mol. The molecule has 2 aromatic heterocycles. The van der Waals surface area contributed by atoms with Crippen molar-refractivity contribution in [3.63, 3.8) is 0 Å².